The van der Waals surface area contributed by atoms with Gasteiger partial charge < -0.3 is 10.1 Å². The maximum Gasteiger partial charge on any atom is 0.0587 e. The quantitative estimate of drug-likeness (QED) is 0.495. The van der Waals surface area contributed by atoms with Crippen molar-refractivity contribution in [1.29, 1.82) is 0 Å². The summed E-state index contributed by atoms with van der Waals surface area (Å²) in [5.74, 6) is 0.701. The van der Waals surface area contributed by atoms with E-state index in [4.69, 9.17) is 16.3 Å². The highest BCUT2D eigenvalue weighted by atomic mass is 35.5. The molecule has 0 aliphatic carbocycles. The zero-order chi connectivity index (χ0) is 8.74. The summed E-state index contributed by atoms with van der Waals surface area (Å²) in [5.41, 5.74) is 0.139. The van der Waals surface area contributed by atoms with E-state index >= 15 is 0 Å². The van der Waals surface area contributed by atoms with Crippen molar-refractivity contribution in [1.82, 2.24) is 5.32 Å². The molecule has 0 rings (SSSR count). The van der Waals surface area contributed by atoms with E-state index in [1.807, 2.05) is 0 Å². The summed E-state index contributed by atoms with van der Waals surface area (Å²) in [6.45, 7) is 5.93. The Kier molecular flexibility index (Phi) is 5.92. The predicted molar refractivity (Wildman–Crippen MR) is 49.3 cm³/mol. The summed E-state index contributed by atoms with van der Waals surface area (Å²) < 4.78 is 4.92. The van der Waals surface area contributed by atoms with E-state index in [-0.39, 0.29) is 5.54 Å². The molecule has 3 heteroatoms. The summed E-state index contributed by atoms with van der Waals surface area (Å²) >= 11 is 5.63. The monoisotopic (exact) mass is 179 g/mol. The number of rotatable bonds is 6. The van der Waals surface area contributed by atoms with Gasteiger partial charge in [-0.05, 0) is 20.3 Å². The Morgan fingerprint density at radius 1 is 1.45 bits per heavy atom. The SMILES string of the molecule is COCCNC(C)(C)CCCl. The molecule has 0 aromatic heterocycles. The van der Waals surface area contributed by atoms with Crippen molar-refractivity contribution in [3.05, 3.63) is 0 Å². The molecule has 0 heterocycles. The van der Waals surface area contributed by atoms with E-state index in [1.165, 1.54) is 0 Å². The summed E-state index contributed by atoms with van der Waals surface area (Å²) in [6, 6.07) is 0. The van der Waals surface area contributed by atoms with Crippen molar-refractivity contribution in [3.8, 4) is 0 Å². The van der Waals surface area contributed by atoms with Gasteiger partial charge in [0.1, 0.15) is 0 Å². The summed E-state index contributed by atoms with van der Waals surface area (Å²) in [5, 5.41) is 3.35. The molecule has 2 nitrogen and oxygen atoms in total. The van der Waals surface area contributed by atoms with Gasteiger partial charge in [-0.25, -0.2) is 0 Å². The zero-order valence-electron chi connectivity index (χ0n) is 7.61. The van der Waals surface area contributed by atoms with Gasteiger partial charge in [0.05, 0.1) is 6.61 Å². The van der Waals surface area contributed by atoms with E-state index in [9.17, 15) is 0 Å². The lowest BCUT2D eigenvalue weighted by molar-refractivity contribution is 0.188. The van der Waals surface area contributed by atoms with Gasteiger partial charge in [-0.3, -0.25) is 0 Å². The number of halogens is 1. The summed E-state index contributed by atoms with van der Waals surface area (Å²) in [7, 11) is 1.70. The van der Waals surface area contributed by atoms with E-state index in [2.05, 4.69) is 19.2 Å². The minimum atomic E-state index is 0.139. The van der Waals surface area contributed by atoms with Crippen molar-refractivity contribution < 1.29 is 4.74 Å². The standard InChI is InChI=1S/C8H18ClNO/c1-8(2,4-5-9)10-6-7-11-3/h10H,4-7H2,1-3H3. The molecule has 0 amide bonds. The predicted octanol–water partition coefficient (Wildman–Crippen LogP) is 1.63. The molecule has 0 atom stereocenters. The smallest absolute Gasteiger partial charge is 0.0587 e. The van der Waals surface area contributed by atoms with Crippen LogP contribution >= 0.6 is 11.6 Å². The molecule has 0 saturated carbocycles. The summed E-state index contributed by atoms with van der Waals surface area (Å²) in [4.78, 5) is 0. The van der Waals surface area contributed by atoms with Crippen LogP contribution in [-0.2, 0) is 4.74 Å². The van der Waals surface area contributed by atoms with Gasteiger partial charge in [-0.2, -0.15) is 0 Å². The Balaban J connectivity index is 3.38. The van der Waals surface area contributed by atoms with E-state index in [1.54, 1.807) is 7.11 Å². The second kappa shape index (κ2) is 5.81. The number of hydrogen-bond acceptors (Lipinski definition) is 2. The molecule has 0 aliphatic rings. The lowest BCUT2D eigenvalue weighted by Gasteiger charge is -2.25. The lowest BCUT2D eigenvalue weighted by Crippen LogP contribution is -2.41. The average molecular weight is 180 g/mol. The molecule has 0 radical (unpaired) electrons. The number of ether oxygens (including phenoxy) is 1. The molecule has 1 N–H and O–H groups in total. The normalized spacial score (nSPS) is 12.0. The van der Waals surface area contributed by atoms with Gasteiger partial charge in [-0.15, -0.1) is 11.6 Å². The van der Waals surface area contributed by atoms with Crippen LogP contribution in [0.3, 0.4) is 0 Å². The van der Waals surface area contributed by atoms with Crippen LogP contribution in [-0.4, -0.2) is 31.7 Å². The highest BCUT2D eigenvalue weighted by Crippen LogP contribution is 2.08. The van der Waals surface area contributed by atoms with E-state index in [0.29, 0.717) is 5.88 Å². The van der Waals surface area contributed by atoms with Crippen molar-refractivity contribution in [2.75, 3.05) is 26.1 Å². The van der Waals surface area contributed by atoms with Crippen molar-refractivity contribution in [2.24, 2.45) is 0 Å². The van der Waals surface area contributed by atoms with Crippen LogP contribution in [0, 0.1) is 0 Å². The zero-order valence-corrected chi connectivity index (χ0v) is 8.37. The van der Waals surface area contributed by atoms with Crippen LogP contribution in [0.4, 0.5) is 0 Å². The molecule has 0 fully saturated rings. The molecule has 68 valence electrons. The van der Waals surface area contributed by atoms with Crippen LogP contribution in [0.25, 0.3) is 0 Å². The first kappa shape index (κ1) is 11.2. The van der Waals surface area contributed by atoms with Crippen molar-refractivity contribution >= 4 is 11.6 Å². The Morgan fingerprint density at radius 3 is 2.55 bits per heavy atom. The molecule has 0 aromatic carbocycles. The molecule has 0 saturated heterocycles. The minimum Gasteiger partial charge on any atom is -0.383 e. The highest BCUT2D eigenvalue weighted by Gasteiger charge is 2.14. The third kappa shape index (κ3) is 6.60. The Bertz CT molecular complexity index is 96.1. The molecule has 0 bridgehead atoms. The maximum atomic E-state index is 5.63. The van der Waals surface area contributed by atoms with Crippen molar-refractivity contribution in [3.63, 3.8) is 0 Å². The maximum absolute atomic E-state index is 5.63. The lowest BCUT2D eigenvalue weighted by atomic mass is 10.0. The van der Waals surface area contributed by atoms with Crippen molar-refractivity contribution in [2.45, 2.75) is 25.8 Å². The molecule has 0 spiro atoms. The largest absolute Gasteiger partial charge is 0.383 e. The average Bonchev–Trinajstić information content (AvgIpc) is 1.87. The van der Waals surface area contributed by atoms with Gasteiger partial charge in [0, 0.05) is 25.1 Å². The molecule has 0 aromatic rings. The fourth-order valence-corrected chi connectivity index (χ4v) is 1.29. The molecular formula is C8H18ClNO. The fraction of sp³-hybridized carbons (Fsp3) is 1.00. The first-order valence-corrected chi connectivity index (χ1v) is 4.46. The Labute approximate surface area is 74.3 Å². The fourth-order valence-electron chi connectivity index (χ4n) is 0.816. The number of hydrogen-bond donors (Lipinski definition) is 1. The minimum absolute atomic E-state index is 0.139. The van der Waals surface area contributed by atoms with Gasteiger partial charge >= 0.3 is 0 Å². The molecule has 0 aliphatic heterocycles. The Morgan fingerprint density at radius 2 is 2.09 bits per heavy atom. The van der Waals surface area contributed by atoms with Gasteiger partial charge in [0.25, 0.3) is 0 Å². The van der Waals surface area contributed by atoms with Gasteiger partial charge in [0.2, 0.25) is 0 Å². The molecule has 11 heavy (non-hydrogen) atoms. The second-order valence-corrected chi connectivity index (χ2v) is 3.62. The summed E-state index contributed by atoms with van der Waals surface area (Å²) in [6.07, 6.45) is 0.984. The third-order valence-electron chi connectivity index (χ3n) is 1.63. The molecular weight excluding hydrogens is 162 g/mol. The topological polar surface area (TPSA) is 21.3 Å². The van der Waals surface area contributed by atoms with E-state index in [0.717, 1.165) is 19.6 Å². The molecule has 0 unspecified atom stereocenters. The third-order valence-corrected chi connectivity index (χ3v) is 1.82. The number of methoxy groups -OCH3 is 1. The van der Waals surface area contributed by atoms with Gasteiger partial charge in [0.15, 0.2) is 0 Å². The van der Waals surface area contributed by atoms with Crippen LogP contribution in [0.1, 0.15) is 20.3 Å². The van der Waals surface area contributed by atoms with Crippen LogP contribution in [0.15, 0.2) is 0 Å². The van der Waals surface area contributed by atoms with Gasteiger partial charge in [-0.1, -0.05) is 0 Å². The number of nitrogens with one attached hydrogen (secondary N) is 1. The van der Waals surface area contributed by atoms with Crippen LogP contribution in [0.5, 0.6) is 0 Å². The highest BCUT2D eigenvalue weighted by molar-refractivity contribution is 6.17. The first-order valence-electron chi connectivity index (χ1n) is 3.92. The first-order chi connectivity index (χ1) is 5.12. The second-order valence-electron chi connectivity index (χ2n) is 3.24. The van der Waals surface area contributed by atoms with Crippen LogP contribution in [0.2, 0.25) is 0 Å². The Hall–Kier alpha value is 0.210. The van der Waals surface area contributed by atoms with Crippen LogP contribution < -0.4 is 5.32 Å². The number of alkyl halides is 1. The van der Waals surface area contributed by atoms with E-state index < -0.39 is 0 Å².